The first-order valence-corrected chi connectivity index (χ1v) is 4.17. The van der Waals surface area contributed by atoms with Crippen LogP contribution in [0.5, 0.6) is 11.5 Å². The van der Waals surface area contributed by atoms with E-state index >= 15 is 0 Å². The molecule has 0 aliphatic carbocycles. The van der Waals surface area contributed by atoms with Crippen LogP contribution >= 0.6 is 0 Å². The second-order valence-corrected chi connectivity index (χ2v) is 2.62. The van der Waals surface area contributed by atoms with Gasteiger partial charge in [0.15, 0.2) is 0 Å². The van der Waals surface area contributed by atoms with Crippen LogP contribution in [-0.4, -0.2) is 27.2 Å². The molecular formula is C10H13NO3. The van der Waals surface area contributed by atoms with Crippen LogP contribution in [0.3, 0.4) is 0 Å². The number of hydrogen-bond donors (Lipinski definition) is 1. The molecule has 1 N–H and O–H groups in total. The number of methoxy groups -OCH3 is 2. The molecule has 1 aromatic carbocycles. The minimum Gasteiger partial charge on any atom is -0.496 e. The Kier molecular flexibility index (Phi) is 3.34. The summed E-state index contributed by atoms with van der Waals surface area (Å²) in [6.07, 6.45) is 0. The van der Waals surface area contributed by atoms with Crippen LogP contribution in [0, 0.1) is 0 Å². The largest absolute Gasteiger partial charge is 0.496 e. The predicted molar refractivity (Wildman–Crippen MR) is 52.9 cm³/mol. The number of nitrogens with one attached hydrogen (secondary N) is 1. The average molecular weight is 195 g/mol. The molecule has 0 heterocycles. The Morgan fingerprint density at radius 2 is 1.71 bits per heavy atom. The van der Waals surface area contributed by atoms with Gasteiger partial charge in [-0.3, -0.25) is 4.79 Å². The number of benzene rings is 1. The molecule has 1 amide bonds. The molecule has 0 spiro atoms. The van der Waals surface area contributed by atoms with Crippen LogP contribution in [0.2, 0.25) is 0 Å². The van der Waals surface area contributed by atoms with Crippen LogP contribution in [0.4, 0.5) is 0 Å². The van der Waals surface area contributed by atoms with Crippen molar-refractivity contribution in [1.82, 2.24) is 5.32 Å². The van der Waals surface area contributed by atoms with Crippen molar-refractivity contribution in [2.24, 2.45) is 0 Å². The summed E-state index contributed by atoms with van der Waals surface area (Å²) in [7, 11) is 4.59. The number of hydrogen-bond acceptors (Lipinski definition) is 3. The first kappa shape index (κ1) is 10.4. The van der Waals surface area contributed by atoms with Gasteiger partial charge in [0.1, 0.15) is 17.1 Å². The molecule has 4 heteroatoms. The smallest absolute Gasteiger partial charge is 0.258 e. The van der Waals surface area contributed by atoms with E-state index in [9.17, 15) is 4.79 Å². The number of carbonyl (C=O) groups is 1. The zero-order chi connectivity index (χ0) is 10.6. The molecule has 0 aliphatic rings. The lowest BCUT2D eigenvalue weighted by Crippen LogP contribution is -2.19. The predicted octanol–water partition coefficient (Wildman–Crippen LogP) is 1.06. The lowest BCUT2D eigenvalue weighted by atomic mass is 10.1. The van der Waals surface area contributed by atoms with Crippen molar-refractivity contribution < 1.29 is 14.3 Å². The maximum absolute atomic E-state index is 11.5. The number of ether oxygens (including phenoxy) is 2. The standard InChI is InChI=1S/C10H13NO3/c1-11-10(12)9-7(13-2)5-4-6-8(9)14-3/h4-6H,1-3H3,(H,11,12). The van der Waals surface area contributed by atoms with E-state index in [0.717, 1.165) is 0 Å². The Labute approximate surface area is 82.8 Å². The molecule has 0 aromatic heterocycles. The zero-order valence-electron chi connectivity index (χ0n) is 8.46. The van der Waals surface area contributed by atoms with Gasteiger partial charge in [-0.15, -0.1) is 0 Å². The summed E-state index contributed by atoms with van der Waals surface area (Å²) in [5.74, 6) is 0.784. The summed E-state index contributed by atoms with van der Waals surface area (Å²) < 4.78 is 10.1. The second-order valence-electron chi connectivity index (χ2n) is 2.62. The van der Waals surface area contributed by atoms with Gasteiger partial charge in [-0.25, -0.2) is 0 Å². The molecular weight excluding hydrogens is 182 g/mol. The maximum Gasteiger partial charge on any atom is 0.258 e. The van der Waals surface area contributed by atoms with Crippen molar-refractivity contribution in [3.8, 4) is 11.5 Å². The summed E-state index contributed by atoms with van der Waals surface area (Å²) in [5.41, 5.74) is 0.417. The van der Waals surface area contributed by atoms with E-state index in [1.165, 1.54) is 14.2 Å². The summed E-state index contributed by atoms with van der Waals surface area (Å²) in [4.78, 5) is 11.5. The fourth-order valence-corrected chi connectivity index (χ4v) is 1.20. The van der Waals surface area contributed by atoms with Gasteiger partial charge in [0.25, 0.3) is 5.91 Å². The van der Waals surface area contributed by atoms with Gasteiger partial charge in [-0.05, 0) is 12.1 Å². The highest BCUT2D eigenvalue weighted by Crippen LogP contribution is 2.27. The Morgan fingerprint density at radius 1 is 1.21 bits per heavy atom. The molecule has 1 aromatic rings. The quantitative estimate of drug-likeness (QED) is 0.784. The Morgan fingerprint density at radius 3 is 2.07 bits per heavy atom. The van der Waals surface area contributed by atoms with Crippen LogP contribution in [0.1, 0.15) is 10.4 Å². The normalized spacial score (nSPS) is 9.36. The maximum atomic E-state index is 11.5. The van der Waals surface area contributed by atoms with Gasteiger partial charge in [0.05, 0.1) is 14.2 Å². The van der Waals surface area contributed by atoms with E-state index in [4.69, 9.17) is 9.47 Å². The van der Waals surface area contributed by atoms with E-state index in [0.29, 0.717) is 17.1 Å². The van der Waals surface area contributed by atoms with Crippen molar-refractivity contribution in [2.45, 2.75) is 0 Å². The third-order valence-electron chi connectivity index (χ3n) is 1.88. The lowest BCUT2D eigenvalue weighted by molar-refractivity contribution is 0.0957. The van der Waals surface area contributed by atoms with Crippen molar-refractivity contribution >= 4 is 5.91 Å². The highest BCUT2D eigenvalue weighted by Gasteiger charge is 2.16. The van der Waals surface area contributed by atoms with Gasteiger partial charge in [0, 0.05) is 7.05 Å². The number of rotatable bonds is 3. The first-order chi connectivity index (χ1) is 6.74. The van der Waals surface area contributed by atoms with Gasteiger partial charge in [-0.1, -0.05) is 6.07 Å². The topological polar surface area (TPSA) is 47.6 Å². The third kappa shape index (κ3) is 1.79. The SMILES string of the molecule is CNC(=O)c1c(OC)cccc1OC. The van der Waals surface area contributed by atoms with E-state index in [1.807, 2.05) is 0 Å². The molecule has 1 rings (SSSR count). The zero-order valence-corrected chi connectivity index (χ0v) is 8.46. The van der Waals surface area contributed by atoms with Crippen molar-refractivity contribution in [3.63, 3.8) is 0 Å². The van der Waals surface area contributed by atoms with E-state index in [-0.39, 0.29) is 5.91 Å². The molecule has 0 atom stereocenters. The number of amides is 1. The molecule has 0 unspecified atom stereocenters. The lowest BCUT2D eigenvalue weighted by Gasteiger charge is -2.10. The fourth-order valence-electron chi connectivity index (χ4n) is 1.20. The van der Waals surface area contributed by atoms with Crippen LogP contribution < -0.4 is 14.8 Å². The minimum absolute atomic E-state index is 0.223. The van der Waals surface area contributed by atoms with E-state index < -0.39 is 0 Å². The Bertz CT molecular complexity index is 314. The second kappa shape index (κ2) is 4.50. The van der Waals surface area contributed by atoms with Crippen LogP contribution in [0.25, 0.3) is 0 Å². The van der Waals surface area contributed by atoms with Gasteiger partial charge in [-0.2, -0.15) is 0 Å². The molecule has 0 saturated heterocycles. The van der Waals surface area contributed by atoms with Crippen molar-refractivity contribution in [1.29, 1.82) is 0 Å². The fraction of sp³-hybridized carbons (Fsp3) is 0.300. The van der Waals surface area contributed by atoms with Crippen LogP contribution in [-0.2, 0) is 0 Å². The molecule has 14 heavy (non-hydrogen) atoms. The van der Waals surface area contributed by atoms with E-state index in [2.05, 4.69) is 5.32 Å². The van der Waals surface area contributed by atoms with Gasteiger partial charge >= 0.3 is 0 Å². The minimum atomic E-state index is -0.223. The van der Waals surface area contributed by atoms with Gasteiger partial charge in [0.2, 0.25) is 0 Å². The summed E-state index contributed by atoms with van der Waals surface area (Å²) >= 11 is 0. The molecule has 4 nitrogen and oxygen atoms in total. The summed E-state index contributed by atoms with van der Waals surface area (Å²) in [6, 6.07) is 5.20. The van der Waals surface area contributed by atoms with E-state index in [1.54, 1.807) is 25.2 Å². The first-order valence-electron chi connectivity index (χ1n) is 4.17. The van der Waals surface area contributed by atoms with Crippen molar-refractivity contribution in [3.05, 3.63) is 23.8 Å². The van der Waals surface area contributed by atoms with Gasteiger partial charge < -0.3 is 14.8 Å². The summed E-state index contributed by atoms with van der Waals surface area (Å²) in [6.45, 7) is 0. The molecule has 0 saturated carbocycles. The third-order valence-corrected chi connectivity index (χ3v) is 1.88. The molecule has 0 bridgehead atoms. The van der Waals surface area contributed by atoms with Crippen LogP contribution in [0.15, 0.2) is 18.2 Å². The molecule has 0 fully saturated rings. The average Bonchev–Trinajstić information content (AvgIpc) is 2.26. The Balaban J connectivity index is 3.25. The summed E-state index contributed by atoms with van der Waals surface area (Å²) in [5, 5.41) is 2.53. The highest BCUT2D eigenvalue weighted by molar-refractivity contribution is 5.99. The molecule has 0 aliphatic heterocycles. The number of carbonyl (C=O) groups excluding carboxylic acids is 1. The highest BCUT2D eigenvalue weighted by atomic mass is 16.5. The monoisotopic (exact) mass is 195 g/mol. The molecule has 76 valence electrons. The Hall–Kier alpha value is -1.71. The molecule has 0 radical (unpaired) electrons. The van der Waals surface area contributed by atoms with Crippen molar-refractivity contribution in [2.75, 3.05) is 21.3 Å².